The average Bonchev–Trinajstić information content (AvgIpc) is 3.45. The predicted octanol–water partition coefficient (Wildman–Crippen LogP) is 3.47. The van der Waals surface area contributed by atoms with Crippen molar-refractivity contribution in [3.63, 3.8) is 0 Å². The van der Waals surface area contributed by atoms with Gasteiger partial charge in [-0.15, -0.1) is 13.2 Å². The molecule has 208 valence electrons. The molecule has 37 heavy (non-hydrogen) atoms. The van der Waals surface area contributed by atoms with E-state index in [0.717, 1.165) is 19.3 Å². The van der Waals surface area contributed by atoms with Crippen LogP contribution in [-0.4, -0.2) is 87.6 Å². The molecule has 0 aromatic heterocycles. The molecule has 1 spiro atoms. The van der Waals surface area contributed by atoms with E-state index in [2.05, 4.69) is 36.0 Å². The lowest BCUT2D eigenvalue weighted by atomic mass is 9.70. The second-order valence-corrected chi connectivity index (χ2v) is 12.1. The number of allylic oxidation sites excluding steroid dienone is 1. The number of alkyl halides is 1. The van der Waals surface area contributed by atoms with Crippen LogP contribution in [0, 0.1) is 17.8 Å². The lowest BCUT2D eigenvalue weighted by molar-refractivity contribution is -0.156. The first-order valence-corrected chi connectivity index (χ1v) is 14.5. The lowest BCUT2D eigenvalue weighted by Crippen LogP contribution is -2.59. The maximum absolute atomic E-state index is 14.2. The van der Waals surface area contributed by atoms with Gasteiger partial charge in [-0.2, -0.15) is 0 Å². The van der Waals surface area contributed by atoms with Crippen LogP contribution in [0.3, 0.4) is 0 Å². The summed E-state index contributed by atoms with van der Waals surface area (Å²) in [5.41, 5.74) is -1.16. The molecule has 3 fully saturated rings. The van der Waals surface area contributed by atoms with Crippen molar-refractivity contribution in [2.45, 2.75) is 87.9 Å². The summed E-state index contributed by atoms with van der Waals surface area (Å²) in [6.45, 7) is 14.5. The molecule has 2 amide bonds. The number of aliphatic hydroxyl groups is 1. The summed E-state index contributed by atoms with van der Waals surface area (Å²) in [5, 5.41) is 10.4. The molecular weight excluding hydrogens is 540 g/mol. The van der Waals surface area contributed by atoms with Crippen molar-refractivity contribution >= 4 is 33.7 Å². The average molecular weight is 584 g/mol. The van der Waals surface area contributed by atoms with Gasteiger partial charge in [-0.1, -0.05) is 55.3 Å². The number of carbonyl (C=O) groups is 3. The molecule has 0 aromatic carbocycles. The third kappa shape index (κ3) is 5.69. The Balaban J connectivity index is 2.03. The number of nitrogens with zero attached hydrogens (tertiary/aromatic N) is 2. The Morgan fingerprint density at radius 2 is 2.05 bits per heavy atom. The third-order valence-electron chi connectivity index (χ3n) is 7.82. The normalized spacial score (nSPS) is 30.9. The van der Waals surface area contributed by atoms with E-state index in [1.165, 1.54) is 0 Å². The molecule has 3 heterocycles. The molecule has 7 atom stereocenters. The van der Waals surface area contributed by atoms with Crippen LogP contribution < -0.4 is 0 Å². The van der Waals surface area contributed by atoms with Gasteiger partial charge in [0.15, 0.2) is 0 Å². The van der Waals surface area contributed by atoms with Gasteiger partial charge >= 0.3 is 5.97 Å². The minimum atomic E-state index is -1.16. The summed E-state index contributed by atoms with van der Waals surface area (Å²) < 4.78 is 12.1. The van der Waals surface area contributed by atoms with Crippen molar-refractivity contribution in [1.82, 2.24) is 9.80 Å². The number of rotatable bonds is 15. The minimum absolute atomic E-state index is 0.190. The summed E-state index contributed by atoms with van der Waals surface area (Å²) in [7, 11) is 0. The van der Waals surface area contributed by atoms with E-state index in [1.54, 1.807) is 22.0 Å². The number of halogens is 1. The molecule has 1 N–H and O–H groups in total. The highest BCUT2D eigenvalue weighted by Crippen LogP contribution is 2.60. The molecule has 3 aliphatic heterocycles. The molecule has 0 saturated carbocycles. The van der Waals surface area contributed by atoms with Crippen LogP contribution in [0.5, 0.6) is 0 Å². The van der Waals surface area contributed by atoms with Crippen molar-refractivity contribution < 1.29 is 29.0 Å². The first-order chi connectivity index (χ1) is 17.7. The number of fused-ring (bicyclic) bond motifs is 1. The number of unbranched alkanes of at least 4 members (excludes halogenated alkanes) is 2. The summed E-state index contributed by atoms with van der Waals surface area (Å²) in [6, 6.07) is -1.49. The van der Waals surface area contributed by atoms with Crippen LogP contribution in [0.1, 0.15) is 59.3 Å². The molecule has 0 aromatic rings. The number of hydrogen-bond acceptors (Lipinski definition) is 6. The van der Waals surface area contributed by atoms with Crippen LogP contribution in [0.15, 0.2) is 25.3 Å². The lowest BCUT2D eigenvalue weighted by Gasteiger charge is -2.39. The number of esters is 1. The molecule has 9 heteroatoms. The highest BCUT2D eigenvalue weighted by Gasteiger charge is 2.77. The van der Waals surface area contributed by atoms with E-state index in [1.807, 2.05) is 13.8 Å². The zero-order chi connectivity index (χ0) is 27.3. The Hall–Kier alpha value is -1.71. The number of amides is 2. The van der Waals surface area contributed by atoms with Crippen molar-refractivity contribution in [2.24, 2.45) is 17.8 Å². The van der Waals surface area contributed by atoms with Crippen LogP contribution in [0.2, 0.25) is 0 Å². The number of ether oxygens (including phenoxy) is 2. The Kier molecular flexibility index (Phi) is 10.4. The number of likely N-dealkylation sites (tertiary alicyclic amines) is 1. The van der Waals surface area contributed by atoms with Crippen LogP contribution in [0.25, 0.3) is 0 Å². The highest BCUT2D eigenvalue weighted by molar-refractivity contribution is 9.09. The van der Waals surface area contributed by atoms with E-state index < -0.39 is 41.6 Å². The van der Waals surface area contributed by atoms with Crippen LogP contribution in [-0.2, 0) is 23.9 Å². The van der Waals surface area contributed by atoms with Crippen molar-refractivity contribution in [3.05, 3.63) is 25.3 Å². The topological polar surface area (TPSA) is 96.4 Å². The number of aliphatic hydroxyl groups excluding tert-OH is 1. The summed E-state index contributed by atoms with van der Waals surface area (Å²) in [4.78, 5) is 44.8. The van der Waals surface area contributed by atoms with Gasteiger partial charge in [-0.05, 0) is 38.0 Å². The van der Waals surface area contributed by atoms with E-state index >= 15 is 0 Å². The fourth-order valence-corrected chi connectivity index (χ4v) is 7.24. The van der Waals surface area contributed by atoms with Gasteiger partial charge in [0.25, 0.3) is 0 Å². The smallest absolute Gasteiger partial charge is 0.312 e. The van der Waals surface area contributed by atoms with Crippen molar-refractivity contribution in [2.75, 3.05) is 26.3 Å². The summed E-state index contributed by atoms with van der Waals surface area (Å²) >= 11 is 3.68. The zero-order valence-electron chi connectivity index (χ0n) is 22.4. The monoisotopic (exact) mass is 582 g/mol. The largest absolute Gasteiger partial charge is 0.465 e. The van der Waals surface area contributed by atoms with E-state index in [9.17, 15) is 19.5 Å². The molecule has 3 unspecified atom stereocenters. The van der Waals surface area contributed by atoms with E-state index in [-0.39, 0.29) is 35.8 Å². The van der Waals surface area contributed by atoms with Gasteiger partial charge in [-0.25, -0.2) is 0 Å². The van der Waals surface area contributed by atoms with Crippen molar-refractivity contribution in [3.8, 4) is 0 Å². The Morgan fingerprint density at radius 1 is 1.32 bits per heavy atom. The fourth-order valence-electron chi connectivity index (χ4n) is 6.30. The fraction of sp³-hybridized carbons (Fsp3) is 0.750. The SMILES string of the molecule is C=CCCCOC(=O)[C@H]1[C@@H]2OC3(CC2Br)C(C(=O)N(CC=C)CCCC)N([C@@H](CO)CC(C)C)C(=O)[C@H]13. The maximum atomic E-state index is 14.2. The van der Waals surface area contributed by atoms with Gasteiger partial charge in [0.05, 0.1) is 37.2 Å². The highest BCUT2D eigenvalue weighted by atomic mass is 79.9. The molecule has 3 rings (SSSR count). The van der Waals surface area contributed by atoms with Crippen LogP contribution >= 0.6 is 15.9 Å². The van der Waals surface area contributed by atoms with Gasteiger partial charge in [-0.3, -0.25) is 14.4 Å². The van der Waals surface area contributed by atoms with Gasteiger partial charge in [0.1, 0.15) is 11.6 Å². The third-order valence-corrected chi connectivity index (χ3v) is 8.67. The minimum Gasteiger partial charge on any atom is -0.465 e. The number of hydrogen-bond donors (Lipinski definition) is 1. The summed E-state index contributed by atoms with van der Waals surface area (Å²) in [5.74, 6) is -2.44. The molecule has 3 aliphatic rings. The second-order valence-electron chi connectivity index (χ2n) is 10.9. The first kappa shape index (κ1) is 29.8. The Labute approximate surface area is 229 Å². The molecule has 0 radical (unpaired) electrons. The Bertz CT molecular complexity index is 866. The van der Waals surface area contributed by atoms with Gasteiger partial charge in [0, 0.05) is 17.9 Å². The van der Waals surface area contributed by atoms with Crippen LogP contribution in [0.4, 0.5) is 0 Å². The number of carbonyl (C=O) groups excluding carboxylic acids is 3. The predicted molar refractivity (Wildman–Crippen MR) is 145 cm³/mol. The molecular formula is C28H43BrN2O6. The molecule has 2 bridgehead atoms. The van der Waals surface area contributed by atoms with E-state index in [0.29, 0.717) is 32.4 Å². The first-order valence-electron chi connectivity index (χ1n) is 13.6. The molecule has 0 aliphatic carbocycles. The summed E-state index contributed by atoms with van der Waals surface area (Å²) in [6.07, 6.45) is 6.96. The quantitative estimate of drug-likeness (QED) is 0.137. The zero-order valence-corrected chi connectivity index (χ0v) is 24.0. The standard InChI is InChI=1S/C28H43BrN2O6/c1-6-9-11-14-36-27(35)21-22-25(33)31(19(17-32)15-18(4)5)24(28(22)16-20(29)23(21)37-28)26(34)30(12-8-3)13-10-7-2/h6,8,18-24,32H,1,3,7,9-17H2,2,4-5H3/t19-,20?,21-,22+,23-,24?,28?/m1/s1. The van der Waals surface area contributed by atoms with Crippen molar-refractivity contribution in [1.29, 1.82) is 0 Å². The van der Waals surface area contributed by atoms with E-state index in [4.69, 9.17) is 9.47 Å². The maximum Gasteiger partial charge on any atom is 0.312 e. The van der Waals surface area contributed by atoms with Gasteiger partial charge in [0.2, 0.25) is 11.8 Å². The van der Waals surface area contributed by atoms with Gasteiger partial charge < -0.3 is 24.4 Å². The second kappa shape index (κ2) is 12.9. The molecule has 8 nitrogen and oxygen atoms in total. The molecule has 3 saturated heterocycles. The Morgan fingerprint density at radius 3 is 2.65 bits per heavy atom.